The summed E-state index contributed by atoms with van der Waals surface area (Å²) in [4.78, 5) is 41.3. The third kappa shape index (κ3) is 14.6. The summed E-state index contributed by atoms with van der Waals surface area (Å²) in [6.07, 6.45) is 5.73. The van der Waals surface area contributed by atoms with E-state index in [1.54, 1.807) is 6.08 Å². The van der Waals surface area contributed by atoms with Gasteiger partial charge in [-0.3, -0.25) is 14.4 Å². The highest BCUT2D eigenvalue weighted by Crippen LogP contribution is 2.27. The van der Waals surface area contributed by atoms with Crippen LogP contribution >= 0.6 is 0 Å². The summed E-state index contributed by atoms with van der Waals surface area (Å²) in [6, 6.07) is 35.2. The maximum absolute atomic E-state index is 14.0. The number of allylic oxidation sites excluding steroid dienone is 2. The Morgan fingerprint density at radius 3 is 1.98 bits per heavy atom. The van der Waals surface area contributed by atoms with Crippen molar-refractivity contribution >= 4 is 17.8 Å². The molecule has 56 heavy (non-hydrogen) atoms. The average Bonchev–Trinajstić information content (AvgIpc) is 3.22. The molecule has 4 rings (SSSR count). The molecule has 4 aromatic carbocycles. The second kappa shape index (κ2) is 24.1. The van der Waals surface area contributed by atoms with Gasteiger partial charge < -0.3 is 30.0 Å². The standard InChI is InChI=1S/C47H56N2O7/c1-4-6-10-24-40(29-35-18-11-7-12-19-35)47(53)56-45(38-22-15-9-16-23-38)43(34-54-3)49-46(52)39(17-5-2)31-44(51)48-41(32-50)30-36-25-27-42(28-26-36)55-33-37-20-13-8-14-21-37/h4-5,7-9,11-16,18-23,25-28,39-41,43,45,50H,1-2,6,10,17,24,29-34H2,3H3,(H,48,51)(H,49,52)/t39-,40-,41+,43+,45+/m1/s1. The Labute approximate surface area is 331 Å². The van der Waals surface area contributed by atoms with Crippen molar-refractivity contribution in [2.45, 2.75) is 69.7 Å². The zero-order valence-electron chi connectivity index (χ0n) is 32.4. The minimum atomic E-state index is -0.864. The first-order valence-electron chi connectivity index (χ1n) is 19.3. The van der Waals surface area contributed by atoms with E-state index < -0.39 is 35.9 Å². The molecule has 0 bridgehead atoms. The Bertz CT molecular complexity index is 1770. The van der Waals surface area contributed by atoms with Gasteiger partial charge in [0.2, 0.25) is 11.8 Å². The van der Waals surface area contributed by atoms with Gasteiger partial charge in [0.1, 0.15) is 18.5 Å². The van der Waals surface area contributed by atoms with Crippen LogP contribution in [0.15, 0.2) is 141 Å². The van der Waals surface area contributed by atoms with Crippen LogP contribution in [-0.4, -0.2) is 55.3 Å². The molecule has 296 valence electrons. The topological polar surface area (TPSA) is 123 Å². The van der Waals surface area contributed by atoms with E-state index in [9.17, 15) is 19.5 Å². The number of amides is 2. The third-order valence-corrected chi connectivity index (χ3v) is 9.52. The molecule has 0 spiro atoms. The van der Waals surface area contributed by atoms with E-state index >= 15 is 0 Å². The lowest BCUT2D eigenvalue weighted by Crippen LogP contribution is -2.47. The molecule has 5 atom stereocenters. The smallest absolute Gasteiger partial charge is 0.309 e. The van der Waals surface area contributed by atoms with Gasteiger partial charge in [-0.15, -0.1) is 13.2 Å². The molecule has 0 fully saturated rings. The molecule has 0 aliphatic rings. The molecule has 9 nitrogen and oxygen atoms in total. The minimum Gasteiger partial charge on any atom is -0.489 e. The van der Waals surface area contributed by atoms with Crippen LogP contribution in [0.1, 0.15) is 60.5 Å². The monoisotopic (exact) mass is 760 g/mol. The first kappa shape index (κ1) is 43.2. The van der Waals surface area contributed by atoms with Crippen LogP contribution in [0.5, 0.6) is 5.75 Å². The SMILES string of the molecule is C=CCCC[C@H](Cc1ccccc1)C(=O)O[C@@H](c1ccccc1)[C@H](COC)NC(=O)[C@H](CC=C)CC(=O)N[C@H](CO)Cc1ccc(OCc2ccccc2)cc1. The molecule has 3 N–H and O–H groups in total. The lowest BCUT2D eigenvalue weighted by Gasteiger charge is -2.30. The van der Waals surface area contributed by atoms with Gasteiger partial charge in [0, 0.05) is 13.5 Å². The van der Waals surface area contributed by atoms with Crippen molar-refractivity contribution in [1.29, 1.82) is 0 Å². The quantitative estimate of drug-likeness (QED) is 0.0363. The Hall–Kier alpha value is -5.51. The van der Waals surface area contributed by atoms with Crippen LogP contribution in [0.4, 0.5) is 0 Å². The normalized spacial score (nSPS) is 13.6. The summed E-state index contributed by atoms with van der Waals surface area (Å²) in [5.74, 6) is -1.63. The van der Waals surface area contributed by atoms with E-state index in [0.717, 1.165) is 29.5 Å². The highest BCUT2D eigenvalue weighted by Gasteiger charge is 2.33. The number of carbonyl (C=O) groups is 3. The van der Waals surface area contributed by atoms with Gasteiger partial charge in [0.15, 0.2) is 0 Å². The maximum atomic E-state index is 14.0. The molecular formula is C47H56N2O7. The number of unbranched alkanes of at least 4 members (excludes halogenated alkanes) is 1. The van der Waals surface area contributed by atoms with Crippen molar-refractivity contribution in [3.8, 4) is 5.75 Å². The summed E-state index contributed by atoms with van der Waals surface area (Å²) in [5, 5.41) is 16.1. The van der Waals surface area contributed by atoms with Gasteiger partial charge in [-0.2, -0.15) is 0 Å². The summed E-state index contributed by atoms with van der Waals surface area (Å²) in [6.45, 7) is 7.86. The number of nitrogens with one attached hydrogen (secondary N) is 2. The van der Waals surface area contributed by atoms with Crippen molar-refractivity contribution in [1.82, 2.24) is 10.6 Å². The fraction of sp³-hybridized carbons (Fsp3) is 0.340. The van der Waals surface area contributed by atoms with Crippen molar-refractivity contribution in [3.63, 3.8) is 0 Å². The van der Waals surface area contributed by atoms with Crippen molar-refractivity contribution in [3.05, 3.63) is 163 Å². The van der Waals surface area contributed by atoms with Gasteiger partial charge in [-0.05, 0) is 72.9 Å². The zero-order valence-corrected chi connectivity index (χ0v) is 32.4. The summed E-state index contributed by atoms with van der Waals surface area (Å²) < 4.78 is 17.7. The number of hydrogen-bond acceptors (Lipinski definition) is 7. The highest BCUT2D eigenvalue weighted by atomic mass is 16.5. The molecule has 2 amide bonds. The molecule has 0 saturated heterocycles. The van der Waals surface area contributed by atoms with E-state index in [-0.39, 0.29) is 37.9 Å². The van der Waals surface area contributed by atoms with E-state index in [2.05, 4.69) is 23.8 Å². The van der Waals surface area contributed by atoms with Crippen molar-refractivity contribution < 1.29 is 33.7 Å². The second-order valence-electron chi connectivity index (χ2n) is 13.9. The summed E-state index contributed by atoms with van der Waals surface area (Å²) in [7, 11) is 1.52. The second-order valence-corrected chi connectivity index (χ2v) is 13.9. The van der Waals surface area contributed by atoms with Gasteiger partial charge in [0.05, 0.1) is 37.1 Å². The number of aliphatic hydroxyl groups excluding tert-OH is 1. The Morgan fingerprint density at radius 2 is 1.38 bits per heavy atom. The maximum Gasteiger partial charge on any atom is 0.309 e. The van der Waals surface area contributed by atoms with Crippen molar-refractivity contribution in [2.24, 2.45) is 11.8 Å². The van der Waals surface area contributed by atoms with E-state index in [1.165, 1.54) is 7.11 Å². The summed E-state index contributed by atoms with van der Waals surface area (Å²) >= 11 is 0. The van der Waals surface area contributed by atoms with Gasteiger partial charge in [-0.1, -0.05) is 115 Å². The van der Waals surface area contributed by atoms with E-state index in [0.29, 0.717) is 37.2 Å². The number of ether oxygens (including phenoxy) is 3. The fourth-order valence-corrected chi connectivity index (χ4v) is 6.54. The largest absolute Gasteiger partial charge is 0.489 e. The van der Waals surface area contributed by atoms with E-state index in [4.69, 9.17) is 14.2 Å². The van der Waals surface area contributed by atoms with E-state index in [1.807, 2.05) is 121 Å². The molecule has 9 heteroatoms. The summed E-state index contributed by atoms with van der Waals surface area (Å²) in [5.41, 5.74) is 3.71. The Balaban J connectivity index is 1.42. The number of carbonyl (C=O) groups excluding carboxylic acids is 3. The number of benzene rings is 4. The minimum absolute atomic E-state index is 0.0497. The first-order valence-corrected chi connectivity index (χ1v) is 19.3. The average molecular weight is 761 g/mol. The van der Waals surface area contributed by atoms with Crippen LogP contribution in [0, 0.1) is 11.8 Å². The highest BCUT2D eigenvalue weighted by molar-refractivity contribution is 5.86. The lowest BCUT2D eigenvalue weighted by molar-refractivity contribution is -0.158. The molecule has 0 aliphatic heterocycles. The Morgan fingerprint density at radius 1 is 0.750 bits per heavy atom. The van der Waals surface area contributed by atoms with Gasteiger partial charge >= 0.3 is 5.97 Å². The van der Waals surface area contributed by atoms with Gasteiger partial charge in [0.25, 0.3) is 0 Å². The molecule has 4 aromatic rings. The predicted octanol–water partition coefficient (Wildman–Crippen LogP) is 7.50. The molecule has 0 saturated carbocycles. The predicted molar refractivity (Wildman–Crippen MR) is 220 cm³/mol. The molecule has 0 aromatic heterocycles. The molecule has 0 aliphatic carbocycles. The van der Waals surface area contributed by atoms with Crippen LogP contribution in [0.2, 0.25) is 0 Å². The molecule has 0 radical (unpaired) electrons. The number of rotatable bonds is 25. The first-order chi connectivity index (χ1) is 27.3. The van der Waals surface area contributed by atoms with Crippen molar-refractivity contribution in [2.75, 3.05) is 20.3 Å². The number of esters is 1. The fourth-order valence-electron chi connectivity index (χ4n) is 6.54. The van der Waals surface area contributed by atoms with Crippen LogP contribution in [0.25, 0.3) is 0 Å². The molecule has 0 heterocycles. The van der Waals surface area contributed by atoms with Crippen LogP contribution < -0.4 is 15.4 Å². The van der Waals surface area contributed by atoms with Crippen LogP contribution in [-0.2, 0) is 43.3 Å². The van der Waals surface area contributed by atoms with Crippen LogP contribution in [0.3, 0.4) is 0 Å². The molecule has 0 unspecified atom stereocenters. The van der Waals surface area contributed by atoms with Gasteiger partial charge in [-0.25, -0.2) is 0 Å². The zero-order chi connectivity index (χ0) is 40.0. The lowest BCUT2D eigenvalue weighted by atomic mass is 9.93. The third-order valence-electron chi connectivity index (χ3n) is 9.52. The molecular weight excluding hydrogens is 705 g/mol. The number of aliphatic hydroxyl groups is 1. The number of methoxy groups -OCH3 is 1. The number of hydrogen-bond donors (Lipinski definition) is 3. The Kier molecular flexibility index (Phi) is 18.6.